The Kier molecular flexibility index (Phi) is 3.35. The maximum absolute atomic E-state index is 4.45. The highest BCUT2D eigenvalue weighted by Crippen LogP contribution is 2.32. The quantitative estimate of drug-likeness (QED) is 0.502. The molecule has 5 nitrogen and oxygen atoms in total. The second-order valence-electron chi connectivity index (χ2n) is 6.07. The molecule has 0 fully saturated rings. The van der Waals surface area contributed by atoms with Gasteiger partial charge >= 0.3 is 0 Å². The van der Waals surface area contributed by atoms with E-state index in [1.165, 1.54) is 5.56 Å². The summed E-state index contributed by atoms with van der Waals surface area (Å²) in [6.45, 7) is 0. The molecule has 0 spiro atoms. The van der Waals surface area contributed by atoms with Crippen molar-refractivity contribution >= 4 is 10.9 Å². The van der Waals surface area contributed by atoms with Crippen LogP contribution in [0.4, 0.5) is 0 Å². The Balaban J connectivity index is 1.60. The predicted molar refractivity (Wildman–Crippen MR) is 102 cm³/mol. The molecule has 0 atom stereocenters. The lowest BCUT2D eigenvalue weighted by atomic mass is 10.0. The van der Waals surface area contributed by atoms with E-state index in [1.807, 2.05) is 48.8 Å². The molecule has 26 heavy (non-hydrogen) atoms. The average molecular weight is 337 g/mol. The summed E-state index contributed by atoms with van der Waals surface area (Å²) < 4.78 is 0. The lowest BCUT2D eigenvalue weighted by Gasteiger charge is -2.02. The Morgan fingerprint density at radius 1 is 0.731 bits per heavy atom. The molecular formula is C21H15N5. The zero-order valence-corrected chi connectivity index (χ0v) is 13.8. The van der Waals surface area contributed by atoms with Crippen molar-refractivity contribution in [2.75, 3.05) is 0 Å². The fraction of sp³-hybridized carbons (Fsp3) is 0. The van der Waals surface area contributed by atoms with Crippen LogP contribution in [0.15, 0.2) is 79.3 Å². The van der Waals surface area contributed by atoms with E-state index in [-0.39, 0.29) is 0 Å². The van der Waals surface area contributed by atoms with Gasteiger partial charge in [-0.25, -0.2) is 0 Å². The van der Waals surface area contributed by atoms with Gasteiger partial charge in [0, 0.05) is 29.5 Å². The van der Waals surface area contributed by atoms with Crippen molar-refractivity contribution in [3.05, 3.63) is 79.3 Å². The number of nitrogens with one attached hydrogen (secondary N) is 2. The van der Waals surface area contributed by atoms with Crippen LogP contribution in [0.5, 0.6) is 0 Å². The molecule has 4 aromatic heterocycles. The number of hydrogen-bond donors (Lipinski definition) is 2. The Labute approximate surface area is 149 Å². The first-order valence-corrected chi connectivity index (χ1v) is 8.38. The van der Waals surface area contributed by atoms with Crippen LogP contribution in [0, 0.1) is 0 Å². The summed E-state index contributed by atoms with van der Waals surface area (Å²) in [5.74, 6) is 0. The van der Waals surface area contributed by atoms with Crippen LogP contribution in [0.1, 0.15) is 0 Å². The number of aromatic amines is 2. The largest absolute Gasteiger partial charge is 0.353 e. The van der Waals surface area contributed by atoms with Crippen LogP contribution in [0.3, 0.4) is 0 Å². The zero-order valence-electron chi connectivity index (χ0n) is 13.8. The fourth-order valence-corrected chi connectivity index (χ4v) is 3.19. The summed E-state index contributed by atoms with van der Waals surface area (Å²) >= 11 is 0. The van der Waals surface area contributed by atoms with Gasteiger partial charge in [0.2, 0.25) is 0 Å². The van der Waals surface area contributed by atoms with Crippen molar-refractivity contribution in [2.24, 2.45) is 0 Å². The molecule has 0 bridgehead atoms. The minimum Gasteiger partial charge on any atom is -0.353 e. The Bertz CT molecular complexity index is 1170. The number of H-pyrrole nitrogens is 2. The number of aromatic nitrogens is 5. The van der Waals surface area contributed by atoms with Gasteiger partial charge < -0.3 is 4.98 Å². The van der Waals surface area contributed by atoms with Gasteiger partial charge in [-0.3, -0.25) is 15.1 Å². The summed E-state index contributed by atoms with van der Waals surface area (Å²) in [6, 6.07) is 20.3. The summed E-state index contributed by atoms with van der Waals surface area (Å²) in [6.07, 6.45) is 5.41. The molecule has 2 N–H and O–H groups in total. The monoisotopic (exact) mass is 337 g/mol. The van der Waals surface area contributed by atoms with Gasteiger partial charge in [-0.05, 0) is 53.6 Å². The lowest BCUT2D eigenvalue weighted by Crippen LogP contribution is -1.80. The minimum atomic E-state index is 0.863. The van der Waals surface area contributed by atoms with Crippen molar-refractivity contribution in [1.29, 1.82) is 0 Å². The molecule has 0 radical (unpaired) electrons. The fourth-order valence-electron chi connectivity index (χ4n) is 3.19. The summed E-state index contributed by atoms with van der Waals surface area (Å²) in [4.78, 5) is 11.9. The van der Waals surface area contributed by atoms with Crippen molar-refractivity contribution < 1.29 is 0 Å². The van der Waals surface area contributed by atoms with Crippen molar-refractivity contribution in [3.63, 3.8) is 0 Å². The normalized spacial score (nSPS) is 11.1. The van der Waals surface area contributed by atoms with E-state index >= 15 is 0 Å². The van der Waals surface area contributed by atoms with Crippen LogP contribution in [0.25, 0.3) is 44.8 Å². The molecule has 4 heterocycles. The second-order valence-corrected chi connectivity index (χ2v) is 6.07. The van der Waals surface area contributed by atoms with Crippen LogP contribution < -0.4 is 0 Å². The van der Waals surface area contributed by atoms with Gasteiger partial charge in [0.15, 0.2) is 0 Å². The van der Waals surface area contributed by atoms with Crippen molar-refractivity contribution in [1.82, 2.24) is 25.1 Å². The van der Waals surface area contributed by atoms with E-state index < -0.39 is 0 Å². The third kappa shape index (κ3) is 2.46. The lowest BCUT2D eigenvalue weighted by molar-refractivity contribution is 1.09. The standard InChI is InChI=1S/C21H15N5/c1-2-9-23-18(5-1)20-13-21(26-25-20)19-12-16-15(4-3-6-17(16)24-19)14-7-10-22-11-8-14/h1-13,24H,(H,25,26). The van der Waals surface area contributed by atoms with E-state index in [9.17, 15) is 0 Å². The SMILES string of the molecule is c1ccc(-c2cc(-c3cc4c(-c5ccncc5)cccc4[nH]3)n[nH]2)nc1. The highest BCUT2D eigenvalue weighted by Gasteiger charge is 2.12. The maximum Gasteiger partial charge on any atom is 0.109 e. The number of rotatable bonds is 3. The molecule has 0 unspecified atom stereocenters. The Hall–Kier alpha value is -3.73. The number of hydrogen-bond acceptors (Lipinski definition) is 3. The summed E-state index contributed by atoms with van der Waals surface area (Å²) in [7, 11) is 0. The summed E-state index contributed by atoms with van der Waals surface area (Å²) in [5, 5.41) is 8.69. The molecule has 5 heteroatoms. The smallest absolute Gasteiger partial charge is 0.109 e. The first kappa shape index (κ1) is 14.6. The van der Waals surface area contributed by atoms with Crippen LogP contribution in [-0.2, 0) is 0 Å². The van der Waals surface area contributed by atoms with Gasteiger partial charge in [-0.2, -0.15) is 5.10 Å². The topological polar surface area (TPSA) is 70.2 Å². The molecule has 0 aliphatic heterocycles. The summed E-state index contributed by atoms with van der Waals surface area (Å²) in [5.41, 5.74) is 7.01. The highest BCUT2D eigenvalue weighted by atomic mass is 15.1. The molecule has 5 aromatic rings. The Morgan fingerprint density at radius 2 is 1.65 bits per heavy atom. The average Bonchev–Trinajstić information content (AvgIpc) is 3.36. The maximum atomic E-state index is 4.45. The van der Waals surface area contributed by atoms with Gasteiger partial charge in [-0.15, -0.1) is 0 Å². The van der Waals surface area contributed by atoms with E-state index in [2.05, 4.69) is 49.4 Å². The minimum absolute atomic E-state index is 0.863. The van der Waals surface area contributed by atoms with E-state index in [4.69, 9.17) is 0 Å². The molecular weight excluding hydrogens is 322 g/mol. The molecule has 0 aliphatic carbocycles. The zero-order chi connectivity index (χ0) is 17.3. The number of benzene rings is 1. The van der Waals surface area contributed by atoms with Crippen LogP contribution >= 0.6 is 0 Å². The second kappa shape index (κ2) is 5.97. The highest BCUT2D eigenvalue weighted by molar-refractivity contribution is 5.98. The van der Waals surface area contributed by atoms with E-state index in [1.54, 1.807) is 6.20 Å². The number of pyridine rings is 2. The van der Waals surface area contributed by atoms with E-state index in [0.717, 1.165) is 39.2 Å². The van der Waals surface area contributed by atoms with Crippen LogP contribution in [0.2, 0.25) is 0 Å². The molecule has 0 amide bonds. The Morgan fingerprint density at radius 3 is 2.50 bits per heavy atom. The first-order valence-electron chi connectivity index (χ1n) is 8.38. The first-order chi connectivity index (χ1) is 12.9. The van der Waals surface area contributed by atoms with Crippen molar-refractivity contribution in [2.45, 2.75) is 0 Å². The number of nitrogens with zero attached hydrogens (tertiary/aromatic N) is 3. The molecule has 0 saturated carbocycles. The molecule has 5 rings (SSSR count). The van der Waals surface area contributed by atoms with Gasteiger partial charge in [0.25, 0.3) is 0 Å². The third-order valence-corrected chi connectivity index (χ3v) is 4.45. The number of fused-ring (bicyclic) bond motifs is 1. The van der Waals surface area contributed by atoms with Crippen LogP contribution in [-0.4, -0.2) is 25.1 Å². The molecule has 0 saturated heterocycles. The van der Waals surface area contributed by atoms with Crippen molar-refractivity contribution in [3.8, 4) is 33.9 Å². The third-order valence-electron chi connectivity index (χ3n) is 4.45. The predicted octanol–water partition coefficient (Wildman–Crippen LogP) is 4.68. The van der Waals surface area contributed by atoms with E-state index in [0.29, 0.717) is 0 Å². The molecule has 124 valence electrons. The van der Waals surface area contributed by atoms with Gasteiger partial charge in [0.1, 0.15) is 5.69 Å². The van der Waals surface area contributed by atoms with Gasteiger partial charge in [-0.1, -0.05) is 18.2 Å². The molecule has 1 aromatic carbocycles. The van der Waals surface area contributed by atoms with Gasteiger partial charge in [0.05, 0.1) is 17.1 Å². The molecule has 0 aliphatic rings.